The molecule has 4 rings (SSSR count). The minimum Gasteiger partial charge on any atom is -0.358 e. The molecule has 3 aliphatic rings. The molecule has 4 nitrogen and oxygen atoms in total. The first kappa shape index (κ1) is 15.8. The van der Waals surface area contributed by atoms with Gasteiger partial charge in [-0.3, -0.25) is 10.1 Å². The number of rotatable bonds is 1. The molecule has 1 aromatic rings. The van der Waals surface area contributed by atoms with E-state index in [4.69, 9.17) is 17.0 Å². The van der Waals surface area contributed by atoms with Crippen LogP contribution in [0.25, 0.3) is 0 Å². The van der Waals surface area contributed by atoms with E-state index >= 15 is 0 Å². The number of hydrogen-bond acceptors (Lipinski definition) is 3. The quantitative estimate of drug-likeness (QED) is 0.629. The van der Waals surface area contributed by atoms with E-state index in [1.165, 1.54) is 5.57 Å². The maximum absolute atomic E-state index is 12.4. The zero-order chi connectivity index (χ0) is 17.1. The predicted molar refractivity (Wildman–Crippen MR) is 96.9 cm³/mol. The molecule has 3 atom stereocenters. The third-order valence-corrected chi connectivity index (χ3v) is 6.10. The van der Waals surface area contributed by atoms with Crippen molar-refractivity contribution in [3.63, 3.8) is 0 Å². The maximum atomic E-state index is 12.4. The lowest BCUT2D eigenvalue weighted by Crippen LogP contribution is -2.44. The lowest BCUT2D eigenvalue weighted by atomic mass is 9.78. The van der Waals surface area contributed by atoms with E-state index in [1.807, 2.05) is 31.2 Å². The zero-order valence-electron chi connectivity index (χ0n) is 14.3. The smallest absolute Gasteiger partial charge is 0.257 e. The lowest BCUT2D eigenvalue weighted by Gasteiger charge is -2.26. The van der Waals surface area contributed by atoms with Crippen molar-refractivity contribution in [1.82, 2.24) is 10.2 Å². The number of amides is 1. The van der Waals surface area contributed by atoms with Gasteiger partial charge >= 0.3 is 0 Å². The van der Waals surface area contributed by atoms with Gasteiger partial charge in [0.2, 0.25) is 0 Å². The Morgan fingerprint density at radius 1 is 1.33 bits per heavy atom. The Kier molecular flexibility index (Phi) is 3.38. The van der Waals surface area contributed by atoms with Crippen LogP contribution < -0.4 is 5.32 Å². The van der Waals surface area contributed by atoms with Crippen molar-refractivity contribution in [2.75, 3.05) is 13.1 Å². The average molecular weight is 342 g/mol. The fourth-order valence-corrected chi connectivity index (χ4v) is 4.49. The first-order valence-corrected chi connectivity index (χ1v) is 8.79. The fraction of sp³-hybridized carbons (Fsp3) is 0.474. The number of fused-ring (bicyclic) bond motifs is 1. The highest BCUT2D eigenvalue weighted by Gasteiger charge is 2.62. The number of nitrogens with zero attached hydrogens (tertiary/aromatic N) is 1. The summed E-state index contributed by atoms with van der Waals surface area (Å²) in [6.45, 7) is 7.88. The molecule has 0 saturated carbocycles. The summed E-state index contributed by atoms with van der Waals surface area (Å²) >= 11 is 5.48. The number of thiocarbonyl (C=S) groups is 1. The highest BCUT2D eigenvalue weighted by Crippen LogP contribution is 2.55. The average Bonchev–Trinajstić information content (AvgIpc) is 3.07. The predicted octanol–water partition coefficient (Wildman–Crippen LogP) is 2.82. The van der Waals surface area contributed by atoms with Crippen molar-refractivity contribution in [3.05, 3.63) is 47.0 Å². The van der Waals surface area contributed by atoms with Crippen LogP contribution in [0.4, 0.5) is 0 Å². The van der Waals surface area contributed by atoms with Crippen LogP contribution in [0, 0.1) is 12.8 Å². The maximum Gasteiger partial charge on any atom is 0.257 e. The highest BCUT2D eigenvalue weighted by atomic mass is 32.1. The Labute approximate surface area is 147 Å². The van der Waals surface area contributed by atoms with Gasteiger partial charge in [0, 0.05) is 18.0 Å². The molecule has 0 radical (unpaired) electrons. The van der Waals surface area contributed by atoms with E-state index in [1.54, 1.807) is 0 Å². The van der Waals surface area contributed by atoms with Gasteiger partial charge in [-0.25, -0.2) is 0 Å². The minimum absolute atomic E-state index is 0.108. The van der Waals surface area contributed by atoms with Crippen LogP contribution in [0.1, 0.15) is 36.2 Å². The van der Waals surface area contributed by atoms with Gasteiger partial charge in [-0.05, 0) is 63.2 Å². The number of ether oxygens (including phenoxy) is 1. The molecule has 2 bridgehead atoms. The van der Waals surface area contributed by atoms with E-state index in [0.717, 1.165) is 25.1 Å². The summed E-state index contributed by atoms with van der Waals surface area (Å²) in [6, 6.07) is 7.50. The highest BCUT2D eigenvalue weighted by molar-refractivity contribution is 7.80. The summed E-state index contributed by atoms with van der Waals surface area (Å²) in [5, 5.41) is 3.36. The van der Waals surface area contributed by atoms with E-state index < -0.39 is 0 Å². The summed E-state index contributed by atoms with van der Waals surface area (Å²) < 4.78 is 6.36. The first-order chi connectivity index (χ1) is 11.3. The summed E-state index contributed by atoms with van der Waals surface area (Å²) in [4.78, 5) is 14.4. The normalized spacial score (nSPS) is 33.4. The van der Waals surface area contributed by atoms with Gasteiger partial charge in [0.05, 0.1) is 12.1 Å². The van der Waals surface area contributed by atoms with Crippen LogP contribution in [-0.2, 0) is 4.74 Å². The van der Waals surface area contributed by atoms with Crippen molar-refractivity contribution in [1.29, 1.82) is 0 Å². The van der Waals surface area contributed by atoms with Gasteiger partial charge in [0.1, 0.15) is 5.60 Å². The van der Waals surface area contributed by atoms with Crippen molar-refractivity contribution >= 4 is 23.2 Å². The lowest BCUT2D eigenvalue weighted by molar-refractivity contribution is -0.0269. The van der Waals surface area contributed by atoms with Crippen LogP contribution in [-0.4, -0.2) is 40.2 Å². The van der Waals surface area contributed by atoms with Crippen LogP contribution in [0.15, 0.2) is 35.9 Å². The first-order valence-electron chi connectivity index (χ1n) is 8.38. The topological polar surface area (TPSA) is 41.6 Å². The Hall–Kier alpha value is -1.72. The van der Waals surface area contributed by atoms with E-state index in [0.29, 0.717) is 16.6 Å². The zero-order valence-corrected chi connectivity index (χ0v) is 15.1. The van der Waals surface area contributed by atoms with Crippen LogP contribution >= 0.6 is 12.2 Å². The Balaban J connectivity index is 1.44. The number of hydrogen-bond donors (Lipinski definition) is 1. The molecule has 0 aromatic heterocycles. The molecule has 0 aliphatic carbocycles. The van der Waals surface area contributed by atoms with E-state index in [-0.39, 0.29) is 17.1 Å². The van der Waals surface area contributed by atoms with Gasteiger partial charge in [0.15, 0.2) is 5.11 Å². The molecule has 3 heterocycles. The standard InChI is InChI=1S/C19H22N2O2S/c1-12-4-6-14(7-5-12)16(22)20-17(24)21-10-15-9-18(3)13(2)8-19(15,11-21)23-18/h4-8,15H,9-11H2,1-3H3,(H,20,22,24). The Morgan fingerprint density at radius 2 is 2.04 bits per heavy atom. The molecule has 2 saturated heterocycles. The number of likely N-dealkylation sites (tertiary alicyclic amines) is 1. The molecular weight excluding hydrogens is 320 g/mol. The Morgan fingerprint density at radius 3 is 2.71 bits per heavy atom. The Bertz CT molecular complexity index is 757. The molecule has 24 heavy (non-hydrogen) atoms. The molecule has 3 aliphatic heterocycles. The second kappa shape index (κ2) is 5.14. The molecular formula is C19H22N2O2S. The monoisotopic (exact) mass is 342 g/mol. The summed E-state index contributed by atoms with van der Waals surface area (Å²) in [5.41, 5.74) is 2.74. The summed E-state index contributed by atoms with van der Waals surface area (Å²) in [7, 11) is 0. The van der Waals surface area contributed by atoms with Crippen LogP contribution in [0.2, 0.25) is 0 Å². The van der Waals surface area contributed by atoms with Crippen molar-refractivity contribution in [2.45, 2.75) is 38.4 Å². The molecule has 1 spiro atoms. The number of carbonyl (C=O) groups is 1. The number of nitrogens with one attached hydrogen (secondary N) is 1. The second-order valence-electron chi connectivity index (χ2n) is 7.52. The van der Waals surface area contributed by atoms with E-state index in [2.05, 4.69) is 30.1 Å². The van der Waals surface area contributed by atoms with Crippen LogP contribution in [0.5, 0.6) is 0 Å². The third kappa shape index (κ3) is 2.30. The molecule has 3 unspecified atom stereocenters. The van der Waals surface area contributed by atoms with Crippen LogP contribution in [0.3, 0.4) is 0 Å². The molecule has 1 amide bonds. The molecule has 5 heteroatoms. The van der Waals surface area contributed by atoms with Gasteiger partial charge in [-0.15, -0.1) is 0 Å². The van der Waals surface area contributed by atoms with Crippen molar-refractivity contribution in [2.24, 2.45) is 5.92 Å². The minimum atomic E-state index is -0.225. The van der Waals surface area contributed by atoms with Gasteiger partial charge < -0.3 is 9.64 Å². The SMILES string of the molecule is CC1=CC23CN(C(=S)NC(=O)c4ccc(C)cc4)CC2CC1(C)O3. The van der Waals surface area contributed by atoms with Crippen molar-refractivity contribution in [3.8, 4) is 0 Å². The molecule has 1 aromatic carbocycles. The number of aryl methyl sites for hydroxylation is 1. The van der Waals surface area contributed by atoms with Gasteiger partial charge in [-0.1, -0.05) is 17.7 Å². The number of carbonyl (C=O) groups excluding carboxylic acids is 1. The van der Waals surface area contributed by atoms with Crippen molar-refractivity contribution < 1.29 is 9.53 Å². The molecule has 2 fully saturated rings. The van der Waals surface area contributed by atoms with E-state index in [9.17, 15) is 4.79 Å². The summed E-state index contributed by atoms with van der Waals surface area (Å²) in [6.07, 6.45) is 3.30. The molecule has 1 N–H and O–H groups in total. The molecule has 126 valence electrons. The second-order valence-corrected chi connectivity index (χ2v) is 7.91. The largest absolute Gasteiger partial charge is 0.358 e. The summed E-state index contributed by atoms with van der Waals surface area (Å²) in [5.74, 6) is 0.291. The van der Waals surface area contributed by atoms with Gasteiger partial charge in [0.25, 0.3) is 5.91 Å². The fourth-order valence-electron chi connectivity index (χ4n) is 4.26. The third-order valence-electron chi connectivity index (χ3n) is 5.74. The number of benzene rings is 1. The van der Waals surface area contributed by atoms with Gasteiger partial charge in [-0.2, -0.15) is 0 Å².